The SMILES string of the molecule is CCCCc1onc(C)c1C(=O)O. The number of carboxylic acid groups (broad SMARTS) is 1. The monoisotopic (exact) mass is 183 g/mol. The maximum atomic E-state index is 10.8. The van der Waals surface area contributed by atoms with Crippen molar-refractivity contribution in [3.8, 4) is 0 Å². The highest BCUT2D eigenvalue weighted by Crippen LogP contribution is 2.15. The molecule has 0 aliphatic heterocycles. The Morgan fingerprint density at radius 3 is 2.85 bits per heavy atom. The number of aryl methyl sites for hydroxylation is 2. The van der Waals surface area contributed by atoms with Crippen molar-refractivity contribution < 1.29 is 14.4 Å². The predicted octanol–water partition coefficient (Wildman–Crippen LogP) is 2.02. The van der Waals surface area contributed by atoms with Crippen molar-refractivity contribution in [1.82, 2.24) is 5.16 Å². The van der Waals surface area contributed by atoms with Gasteiger partial charge in [0.05, 0.1) is 5.69 Å². The largest absolute Gasteiger partial charge is 0.477 e. The normalized spacial score (nSPS) is 10.3. The average molecular weight is 183 g/mol. The lowest BCUT2D eigenvalue weighted by molar-refractivity contribution is 0.0693. The van der Waals surface area contributed by atoms with E-state index in [0.29, 0.717) is 17.9 Å². The van der Waals surface area contributed by atoms with Gasteiger partial charge in [0.2, 0.25) is 0 Å². The molecular weight excluding hydrogens is 170 g/mol. The lowest BCUT2D eigenvalue weighted by Crippen LogP contribution is -2.01. The summed E-state index contributed by atoms with van der Waals surface area (Å²) in [7, 11) is 0. The van der Waals surface area contributed by atoms with Gasteiger partial charge in [-0.15, -0.1) is 0 Å². The van der Waals surface area contributed by atoms with Gasteiger partial charge in [0.25, 0.3) is 0 Å². The minimum absolute atomic E-state index is 0.230. The molecule has 0 spiro atoms. The summed E-state index contributed by atoms with van der Waals surface area (Å²) in [6, 6.07) is 0. The van der Waals surface area contributed by atoms with Crippen LogP contribution >= 0.6 is 0 Å². The van der Waals surface area contributed by atoms with Gasteiger partial charge in [-0.1, -0.05) is 18.5 Å². The van der Waals surface area contributed by atoms with Crippen LogP contribution in [0.1, 0.15) is 41.6 Å². The number of carboxylic acids is 1. The number of rotatable bonds is 4. The summed E-state index contributed by atoms with van der Waals surface area (Å²) in [6.45, 7) is 3.69. The van der Waals surface area contributed by atoms with Crippen LogP contribution in [0.5, 0.6) is 0 Å². The Morgan fingerprint density at radius 1 is 1.62 bits per heavy atom. The summed E-state index contributed by atoms with van der Waals surface area (Å²) in [5, 5.41) is 12.5. The highest BCUT2D eigenvalue weighted by molar-refractivity contribution is 5.89. The standard InChI is InChI=1S/C9H13NO3/c1-3-4-5-7-8(9(11)12)6(2)10-13-7/h3-5H2,1-2H3,(H,11,12). The van der Waals surface area contributed by atoms with Crippen molar-refractivity contribution in [2.24, 2.45) is 0 Å². The zero-order valence-electron chi connectivity index (χ0n) is 7.83. The Labute approximate surface area is 76.5 Å². The number of nitrogens with zero attached hydrogens (tertiary/aromatic N) is 1. The third kappa shape index (κ3) is 2.08. The van der Waals surface area contributed by atoms with E-state index in [0.717, 1.165) is 12.8 Å². The topological polar surface area (TPSA) is 63.3 Å². The smallest absolute Gasteiger partial charge is 0.341 e. The summed E-state index contributed by atoms with van der Waals surface area (Å²) in [5.41, 5.74) is 0.687. The van der Waals surface area contributed by atoms with E-state index in [1.165, 1.54) is 0 Å². The molecule has 0 unspecified atom stereocenters. The molecule has 4 heteroatoms. The van der Waals surface area contributed by atoms with E-state index >= 15 is 0 Å². The van der Waals surface area contributed by atoms with Crippen LogP contribution in [0.25, 0.3) is 0 Å². The lowest BCUT2D eigenvalue weighted by atomic mass is 10.1. The van der Waals surface area contributed by atoms with Crippen molar-refractivity contribution in [3.63, 3.8) is 0 Å². The molecule has 0 radical (unpaired) electrons. The summed E-state index contributed by atoms with van der Waals surface area (Å²) in [4.78, 5) is 10.8. The number of carbonyl (C=O) groups is 1. The first-order valence-corrected chi connectivity index (χ1v) is 4.35. The molecular formula is C9H13NO3. The quantitative estimate of drug-likeness (QED) is 0.775. The minimum atomic E-state index is -0.954. The average Bonchev–Trinajstić information content (AvgIpc) is 2.43. The maximum Gasteiger partial charge on any atom is 0.341 e. The second-order valence-electron chi connectivity index (χ2n) is 2.97. The first kappa shape index (κ1) is 9.77. The van der Waals surface area contributed by atoms with Crippen molar-refractivity contribution in [3.05, 3.63) is 17.0 Å². The second-order valence-corrected chi connectivity index (χ2v) is 2.97. The fourth-order valence-electron chi connectivity index (χ4n) is 1.20. The Bertz CT molecular complexity index is 304. The number of hydrogen-bond acceptors (Lipinski definition) is 3. The van der Waals surface area contributed by atoms with Crippen molar-refractivity contribution in [2.45, 2.75) is 33.1 Å². The maximum absolute atomic E-state index is 10.8. The molecule has 0 aliphatic rings. The van der Waals surface area contributed by atoms with Gasteiger partial charge in [-0.2, -0.15) is 0 Å². The van der Waals surface area contributed by atoms with E-state index in [1.807, 2.05) is 6.92 Å². The molecule has 0 amide bonds. The van der Waals surface area contributed by atoms with Gasteiger partial charge in [-0.3, -0.25) is 0 Å². The zero-order valence-corrected chi connectivity index (χ0v) is 7.83. The van der Waals surface area contributed by atoms with Gasteiger partial charge in [0.15, 0.2) is 5.76 Å². The molecule has 13 heavy (non-hydrogen) atoms. The fraction of sp³-hybridized carbons (Fsp3) is 0.556. The van der Waals surface area contributed by atoms with Gasteiger partial charge < -0.3 is 9.63 Å². The van der Waals surface area contributed by atoms with Gasteiger partial charge in [0.1, 0.15) is 5.56 Å². The number of unbranched alkanes of at least 4 members (excludes halogenated alkanes) is 1. The molecule has 1 N–H and O–H groups in total. The molecule has 4 nitrogen and oxygen atoms in total. The van der Waals surface area contributed by atoms with Crippen molar-refractivity contribution in [2.75, 3.05) is 0 Å². The molecule has 0 aromatic carbocycles. The molecule has 0 bridgehead atoms. The zero-order chi connectivity index (χ0) is 9.84. The highest BCUT2D eigenvalue weighted by Gasteiger charge is 2.18. The third-order valence-electron chi connectivity index (χ3n) is 1.90. The third-order valence-corrected chi connectivity index (χ3v) is 1.90. The molecule has 0 aliphatic carbocycles. The predicted molar refractivity (Wildman–Crippen MR) is 46.8 cm³/mol. The first-order chi connectivity index (χ1) is 6.16. The van der Waals surface area contributed by atoms with E-state index < -0.39 is 5.97 Å². The summed E-state index contributed by atoms with van der Waals surface area (Å²) < 4.78 is 4.93. The van der Waals surface area contributed by atoms with Gasteiger partial charge in [0, 0.05) is 6.42 Å². The molecule has 72 valence electrons. The van der Waals surface area contributed by atoms with E-state index in [1.54, 1.807) is 6.92 Å². The Balaban J connectivity index is 2.87. The van der Waals surface area contributed by atoms with E-state index in [4.69, 9.17) is 9.63 Å². The van der Waals surface area contributed by atoms with Gasteiger partial charge in [-0.25, -0.2) is 4.79 Å². The Kier molecular flexibility index (Phi) is 3.06. The number of hydrogen-bond donors (Lipinski definition) is 1. The summed E-state index contributed by atoms with van der Waals surface area (Å²) in [5.74, 6) is -0.461. The Morgan fingerprint density at radius 2 is 2.31 bits per heavy atom. The van der Waals surface area contributed by atoms with E-state index in [2.05, 4.69) is 5.16 Å². The molecule has 0 saturated heterocycles. The van der Waals surface area contributed by atoms with Crippen LogP contribution in [0.4, 0.5) is 0 Å². The molecule has 0 fully saturated rings. The molecule has 0 saturated carbocycles. The van der Waals surface area contributed by atoms with Crippen molar-refractivity contribution in [1.29, 1.82) is 0 Å². The van der Waals surface area contributed by atoms with E-state index in [-0.39, 0.29) is 5.56 Å². The van der Waals surface area contributed by atoms with Crippen LogP contribution in [0.15, 0.2) is 4.52 Å². The summed E-state index contributed by atoms with van der Waals surface area (Å²) in [6.07, 6.45) is 2.59. The number of aromatic nitrogens is 1. The minimum Gasteiger partial charge on any atom is -0.477 e. The molecule has 1 heterocycles. The molecule has 1 aromatic heterocycles. The van der Waals surface area contributed by atoms with Crippen molar-refractivity contribution >= 4 is 5.97 Å². The lowest BCUT2D eigenvalue weighted by Gasteiger charge is -1.95. The summed E-state index contributed by atoms with van der Waals surface area (Å²) >= 11 is 0. The fourth-order valence-corrected chi connectivity index (χ4v) is 1.20. The Hall–Kier alpha value is -1.32. The number of aromatic carboxylic acids is 1. The van der Waals surface area contributed by atoms with E-state index in [9.17, 15) is 4.79 Å². The van der Waals surface area contributed by atoms with Crippen LogP contribution in [0.3, 0.4) is 0 Å². The first-order valence-electron chi connectivity index (χ1n) is 4.35. The van der Waals surface area contributed by atoms with Gasteiger partial charge >= 0.3 is 5.97 Å². The molecule has 1 rings (SSSR count). The second kappa shape index (κ2) is 4.07. The van der Waals surface area contributed by atoms with Crippen LogP contribution in [-0.2, 0) is 6.42 Å². The van der Waals surface area contributed by atoms with Crippen LogP contribution in [0.2, 0.25) is 0 Å². The van der Waals surface area contributed by atoms with Crippen LogP contribution in [-0.4, -0.2) is 16.2 Å². The highest BCUT2D eigenvalue weighted by atomic mass is 16.5. The van der Waals surface area contributed by atoms with Crippen LogP contribution in [0, 0.1) is 6.92 Å². The molecule has 1 aromatic rings. The van der Waals surface area contributed by atoms with Gasteiger partial charge in [-0.05, 0) is 13.3 Å². The van der Waals surface area contributed by atoms with Crippen LogP contribution < -0.4 is 0 Å². The molecule has 0 atom stereocenters.